The SMILES string of the molecule is CC(C)(C)CCNC(=O)c1ccc(Br)cc1F. The Kier molecular flexibility index (Phi) is 4.69. The molecule has 2 nitrogen and oxygen atoms in total. The van der Waals surface area contributed by atoms with E-state index in [1.165, 1.54) is 12.1 Å². The maximum absolute atomic E-state index is 13.5. The molecule has 0 fully saturated rings. The molecule has 0 spiro atoms. The number of nitrogens with one attached hydrogen (secondary N) is 1. The molecule has 0 saturated heterocycles. The third kappa shape index (κ3) is 4.86. The van der Waals surface area contributed by atoms with Crippen molar-refractivity contribution in [3.05, 3.63) is 34.1 Å². The van der Waals surface area contributed by atoms with Gasteiger partial charge in [-0.3, -0.25) is 4.79 Å². The van der Waals surface area contributed by atoms with Crippen molar-refractivity contribution in [2.45, 2.75) is 27.2 Å². The molecular weight excluding hydrogens is 285 g/mol. The second-order valence-electron chi connectivity index (χ2n) is 5.19. The number of hydrogen-bond donors (Lipinski definition) is 1. The largest absolute Gasteiger partial charge is 0.352 e. The van der Waals surface area contributed by atoms with Crippen LogP contribution in [-0.4, -0.2) is 12.5 Å². The van der Waals surface area contributed by atoms with E-state index in [0.717, 1.165) is 6.42 Å². The molecule has 0 heterocycles. The molecule has 0 radical (unpaired) electrons. The molecule has 0 saturated carbocycles. The van der Waals surface area contributed by atoms with Crippen LogP contribution in [0.15, 0.2) is 22.7 Å². The molecular formula is C13H17BrFNO. The van der Waals surface area contributed by atoms with Gasteiger partial charge in [-0.05, 0) is 30.0 Å². The normalized spacial score (nSPS) is 11.4. The van der Waals surface area contributed by atoms with Crippen LogP contribution in [0, 0.1) is 11.2 Å². The summed E-state index contributed by atoms with van der Waals surface area (Å²) in [7, 11) is 0. The number of amides is 1. The van der Waals surface area contributed by atoms with Gasteiger partial charge in [-0.15, -0.1) is 0 Å². The van der Waals surface area contributed by atoms with E-state index in [4.69, 9.17) is 0 Å². The van der Waals surface area contributed by atoms with Crippen LogP contribution in [0.5, 0.6) is 0 Å². The van der Waals surface area contributed by atoms with Crippen LogP contribution in [0.3, 0.4) is 0 Å². The average Bonchev–Trinajstić information content (AvgIpc) is 2.15. The molecule has 1 amide bonds. The van der Waals surface area contributed by atoms with Gasteiger partial charge in [-0.2, -0.15) is 0 Å². The Balaban J connectivity index is 2.59. The van der Waals surface area contributed by atoms with Crippen LogP contribution in [0.2, 0.25) is 0 Å². The Labute approximate surface area is 110 Å². The molecule has 0 aliphatic heterocycles. The van der Waals surface area contributed by atoms with Gasteiger partial charge in [-0.25, -0.2) is 4.39 Å². The summed E-state index contributed by atoms with van der Waals surface area (Å²) in [4.78, 5) is 11.7. The monoisotopic (exact) mass is 301 g/mol. The van der Waals surface area contributed by atoms with Gasteiger partial charge in [-0.1, -0.05) is 36.7 Å². The summed E-state index contributed by atoms with van der Waals surface area (Å²) in [5.74, 6) is -0.869. The minimum Gasteiger partial charge on any atom is -0.352 e. The van der Waals surface area contributed by atoms with E-state index in [2.05, 4.69) is 42.0 Å². The van der Waals surface area contributed by atoms with Gasteiger partial charge in [0.2, 0.25) is 0 Å². The van der Waals surface area contributed by atoms with E-state index in [-0.39, 0.29) is 16.9 Å². The first-order valence-electron chi connectivity index (χ1n) is 5.53. The van der Waals surface area contributed by atoms with Gasteiger partial charge in [0.25, 0.3) is 5.91 Å². The lowest BCUT2D eigenvalue weighted by Crippen LogP contribution is -2.27. The molecule has 0 aromatic heterocycles. The van der Waals surface area contributed by atoms with Crippen molar-refractivity contribution in [3.8, 4) is 0 Å². The first-order chi connectivity index (χ1) is 7.79. The number of rotatable bonds is 3. The molecule has 1 N–H and O–H groups in total. The van der Waals surface area contributed by atoms with E-state index >= 15 is 0 Å². The predicted octanol–water partition coefficient (Wildman–Crippen LogP) is 3.75. The van der Waals surface area contributed by atoms with Gasteiger partial charge >= 0.3 is 0 Å². The third-order valence-electron chi connectivity index (χ3n) is 2.34. The zero-order valence-electron chi connectivity index (χ0n) is 10.3. The van der Waals surface area contributed by atoms with Gasteiger partial charge in [0.15, 0.2) is 0 Å². The van der Waals surface area contributed by atoms with Crippen LogP contribution in [-0.2, 0) is 0 Å². The Morgan fingerprint density at radius 3 is 2.59 bits per heavy atom. The smallest absolute Gasteiger partial charge is 0.254 e. The molecule has 0 unspecified atom stereocenters. The van der Waals surface area contributed by atoms with Gasteiger partial charge in [0, 0.05) is 11.0 Å². The lowest BCUT2D eigenvalue weighted by Gasteiger charge is -2.18. The van der Waals surface area contributed by atoms with Crippen molar-refractivity contribution in [3.63, 3.8) is 0 Å². The van der Waals surface area contributed by atoms with Crippen LogP contribution < -0.4 is 5.32 Å². The number of halogens is 2. The summed E-state index contributed by atoms with van der Waals surface area (Å²) in [5.41, 5.74) is 0.244. The fraction of sp³-hybridized carbons (Fsp3) is 0.462. The minimum absolute atomic E-state index is 0.0853. The summed E-state index contributed by atoms with van der Waals surface area (Å²) in [6.07, 6.45) is 0.858. The van der Waals surface area contributed by atoms with Crippen LogP contribution in [0.4, 0.5) is 4.39 Å². The molecule has 4 heteroatoms. The highest BCUT2D eigenvalue weighted by Gasteiger charge is 2.14. The standard InChI is InChI=1S/C13H17BrFNO/c1-13(2,3)6-7-16-12(17)10-5-4-9(14)8-11(10)15/h4-5,8H,6-7H2,1-3H3,(H,16,17). The topological polar surface area (TPSA) is 29.1 Å². The molecule has 1 aromatic rings. The summed E-state index contributed by atoms with van der Waals surface area (Å²) in [6.45, 7) is 6.84. The lowest BCUT2D eigenvalue weighted by molar-refractivity contribution is 0.0945. The summed E-state index contributed by atoms with van der Waals surface area (Å²) in [5, 5.41) is 2.72. The van der Waals surface area contributed by atoms with Gasteiger partial charge in [0.05, 0.1) is 5.56 Å². The van der Waals surface area contributed by atoms with Crippen molar-refractivity contribution in [2.75, 3.05) is 6.54 Å². The Morgan fingerprint density at radius 2 is 2.06 bits per heavy atom. The summed E-state index contributed by atoms with van der Waals surface area (Å²) in [6, 6.07) is 4.42. The zero-order valence-corrected chi connectivity index (χ0v) is 11.9. The van der Waals surface area contributed by atoms with Gasteiger partial charge < -0.3 is 5.32 Å². The average molecular weight is 302 g/mol. The molecule has 1 aromatic carbocycles. The van der Waals surface area contributed by atoms with Crippen molar-refractivity contribution in [1.29, 1.82) is 0 Å². The second kappa shape index (κ2) is 5.63. The Bertz CT molecular complexity index is 412. The highest BCUT2D eigenvalue weighted by molar-refractivity contribution is 9.10. The molecule has 0 aliphatic rings. The maximum atomic E-state index is 13.5. The molecule has 0 bridgehead atoms. The third-order valence-corrected chi connectivity index (χ3v) is 2.83. The van der Waals surface area contributed by atoms with Gasteiger partial charge in [0.1, 0.15) is 5.82 Å². The number of carbonyl (C=O) groups excluding carboxylic acids is 1. The summed E-state index contributed by atoms with van der Waals surface area (Å²) >= 11 is 3.15. The fourth-order valence-electron chi connectivity index (χ4n) is 1.32. The van der Waals surface area contributed by atoms with E-state index in [0.29, 0.717) is 11.0 Å². The number of carbonyl (C=O) groups is 1. The van der Waals surface area contributed by atoms with Crippen LogP contribution in [0.25, 0.3) is 0 Å². The van der Waals surface area contributed by atoms with Crippen molar-refractivity contribution >= 4 is 21.8 Å². The van der Waals surface area contributed by atoms with E-state index in [1.54, 1.807) is 6.07 Å². The predicted molar refractivity (Wildman–Crippen MR) is 70.5 cm³/mol. The maximum Gasteiger partial charge on any atom is 0.254 e. The first-order valence-corrected chi connectivity index (χ1v) is 6.32. The van der Waals surface area contributed by atoms with Crippen molar-refractivity contribution < 1.29 is 9.18 Å². The van der Waals surface area contributed by atoms with E-state index in [9.17, 15) is 9.18 Å². The molecule has 0 aliphatic carbocycles. The zero-order chi connectivity index (χ0) is 13.1. The quantitative estimate of drug-likeness (QED) is 0.905. The second-order valence-corrected chi connectivity index (χ2v) is 6.11. The van der Waals surface area contributed by atoms with Crippen molar-refractivity contribution in [2.24, 2.45) is 5.41 Å². The summed E-state index contributed by atoms with van der Waals surface area (Å²) < 4.78 is 14.1. The molecule has 0 atom stereocenters. The molecule has 17 heavy (non-hydrogen) atoms. The molecule has 94 valence electrons. The molecule has 1 rings (SSSR count). The minimum atomic E-state index is -0.507. The van der Waals surface area contributed by atoms with Crippen LogP contribution >= 0.6 is 15.9 Å². The fourth-order valence-corrected chi connectivity index (χ4v) is 1.65. The van der Waals surface area contributed by atoms with Crippen LogP contribution in [0.1, 0.15) is 37.6 Å². The number of benzene rings is 1. The van der Waals surface area contributed by atoms with E-state index < -0.39 is 5.82 Å². The Morgan fingerprint density at radius 1 is 1.41 bits per heavy atom. The first kappa shape index (κ1) is 14.2. The Hall–Kier alpha value is -0.900. The highest BCUT2D eigenvalue weighted by Crippen LogP contribution is 2.18. The highest BCUT2D eigenvalue weighted by atomic mass is 79.9. The number of hydrogen-bond acceptors (Lipinski definition) is 1. The van der Waals surface area contributed by atoms with Crippen molar-refractivity contribution in [1.82, 2.24) is 5.32 Å². The van der Waals surface area contributed by atoms with E-state index in [1.807, 2.05) is 0 Å². The lowest BCUT2D eigenvalue weighted by atomic mass is 9.92.